The Balaban J connectivity index is 2.47. The van der Waals surface area contributed by atoms with Crippen LogP contribution in [0.3, 0.4) is 0 Å². The summed E-state index contributed by atoms with van der Waals surface area (Å²) in [5.41, 5.74) is 2.36. The molecule has 0 amide bonds. The van der Waals surface area contributed by atoms with E-state index in [1.54, 1.807) is 0 Å². The van der Waals surface area contributed by atoms with Crippen molar-refractivity contribution in [2.45, 2.75) is 65.4 Å². The molecule has 0 aromatic rings. The summed E-state index contributed by atoms with van der Waals surface area (Å²) >= 11 is 0. The summed E-state index contributed by atoms with van der Waals surface area (Å²) in [6.07, 6.45) is 9.50. The first-order valence-electron chi connectivity index (χ1n) is 6.45. The predicted octanol–water partition coefficient (Wildman–Crippen LogP) is 4.23. The van der Waals surface area contributed by atoms with Crippen LogP contribution in [-0.2, 0) is 0 Å². The van der Waals surface area contributed by atoms with Gasteiger partial charge < -0.3 is 5.11 Å². The van der Waals surface area contributed by atoms with Crippen molar-refractivity contribution in [3.63, 3.8) is 0 Å². The Kier molecular flexibility index (Phi) is 4.79. The zero-order chi connectivity index (χ0) is 12.2. The lowest BCUT2D eigenvalue weighted by Gasteiger charge is -2.36. The van der Waals surface area contributed by atoms with Crippen LogP contribution in [-0.4, -0.2) is 10.7 Å². The summed E-state index contributed by atoms with van der Waals surface area (Å²) < 4.78 is 0. The molecule has 0 saturated carbocycles. The van der Waals surface area contributed by atoms with Crippen molar-refractivity contribution in [1.29, 1.82) is 0 Å². The van der Waals surface area contributed by atoms with Gasteiger partial charge in [0.05, 0.1) is 5.60 Å². The first kappa shape index (κ1) is 13.5. The summed E-state index contributed by atoms with van der Waals surface area (Å²) in [5.74, 6) is 0.396. The van der Waals surface area contributed by atoms with Gasteiger partial charge in [-0.15, -0.1) is 0 Å². The summed E-state index contributed by atoms with van der Waals surface area (Å²) in [4.78, 5) is 0. The molecule has 16 heavy (non-hydrogen) atoms. The first-order chi connectivity index (χ1) is 7.44. The zero-order valence-electron chi connectivity index (χ0n) is 11.2. The second kappa shape index (κ2) is 5.67. The predicted molar refractivity (Wildman–Crippen MR) is 70.4 cm³/mol. The van der Waals surface area contributed by atoms with Crippen LogP contribution in [0.1, 0.15) is 59.8 Å². The monoisotopic (exact) mass is 222 g/mol. The molecule has 1 aliphatic carbocycles. The molecule has 0 aliphatic heterocycles. The average molecular weight is 222 g/mol. The smallest absolute Gasteiger partial charge is 0.0710 e. The fourth-order valence-corrected chi connectivity index (χ4v) is 2.31. The SMILES string of the molecule is CC(C)=CCC[C@@H](C)[C@]1(O)CC=C(C)CC1. The van der Waals surface area contributed by atoms with E-state index < -0.39 is 5.60 Å². The number of aliphatic hydroxyl groups is 1. The number of hydrogen-bond acceptors (Lipinski definition) is 1. The Morgan fingerprint density at radius 2 is 2.25 bits per heavy atom. The van der Waals surface area contributed by atoms with Crippen LogP contribution in [0.5, 0.6) is 0 Å². The maximum Gasteiger partial charge on any atom is 0.0710 e. The quantitative estimate of drug-likeness (QED) is 0.706. The highest BCUT2D eigenvalue weighted by Crippen LogP contribution is 2.35. The van der Waals surface area contributed by atoms with Gasteiger partial charge in [0, 0.05) is 0 Å². The van der Waals surface area contributed by atoms with Gasteiger partial charge in [-0.1, -0.05) is 30.2 Å². The van der Waals surface area contributed by atoms with Gasteiger partial charge in [0.15, 0.2) is 0 Å². The van der Waals surface area contributed by atoms with E-state index >= 15 is 0 Å². The highest BCUT2D eigenvalue weighted by Gasteiger charge is 2.33. The lowest BCUT2D eigenvalue weighted by molar-refractivity contribution is -0.0234. The van der Waals surface area contributed by atoms with E-state index in [0.717, 1.165) is 32.1 Å². The summed E-state index contributed by atoms with van der Waals surface area (Å²) in [6.45, 7) is 8.61. The van der Waals surface area contributed by atoms with E-state index in [9.17, 15) is 5.11 Å². The van der Waals surface area contributed by atoms with Crippen molar-refractivity contribution in [3.8, 4) is 0 Å². The first-order valence-corrected chi connectivity index (χ1v) is 6.45. The lowest BCUT2D eigenvalue weighted by atomic mass is 9.75. The zero-order valence-corrected chi connectivity index (χ0v) is 11.2. The third-order valence-electron chi connectivity index (χ3n) is 3.83. The topological polar surface area (TPSA) is 20.2 Å². The van der Waals surface area contributed by atoms with Gasteiger partial charge in [0.1, 0.15) is 0 Å². The Bertz CT molecular complexity index is 284. The second-order valence-corrected chi connectivity index (χ2v) is 5.62. The van der Waals surface area contributed by atoms with Gasteiger partial charge in [-0.2, -0.15) is 0 Å². The van der Waals surface area contributed by atoms with Crippen LogP contribution < -0.4 is 0 Å². The molecular formula is C15H26O. The molecular weight excluding hydrogens is 196 g/mol. The molecule has 0 aromatic heterocycles. The molecule has 0 bridgehead atoms. The second-order valence-electron chi connectivity index (χ2n) is 5.62. The Morgan fingerprint density at radius 3 is 2.75 bits per heavy atom. The Hall–Kier alpha value is -0.560. The fraction of sp³-hybridized carbons (Fsp3) is 0.733. The summed E-state index contributed by atoms with van der Waals surface area (Å²) in [7, 11) is 0. The molecule has 1 heteroatoms. The molecule has 1 rings (SSSR count). The minimum atomic E-state index is -0.449. The highest BCUT2D eigenvalue weighted by molar-refractivity contribution is 5.09. The molecule has 0 saturated heterocycles. The molecule has 1 aliphatic rings. The largest absolute Gasteiger partial charge is 0.389 e. The van der Waals surface area contributed by atoms with Gasteiger partial charge in [0.25, 0.3) is 0 Å². The van der Waals surface area contributed by atoms with E-state index in [1.807, 2.05) is 0 Å². The van der Waals surface area contributed by atoms with Crippen LogP contribution in [0.2, 0.25) is 0 Å². The minimum absolute atomic E-state index is 0.396. The molecule has 0 aromatic carbocycles. The van der Waals surface area contributed by atoms with E-state index in [-0.39, 0.29) is 0 Å². The normalized spacial score (nSPS) is 27.2. The fourth-order valence-electron chi connectivity index (χ4n) is 2.31. The van der Waals surface area contributed by atoms with Gasteiger partial charge in [-0.25, -0.2) is 0 Å². The van der Waals surface area contributed by atoms with Gasteiger partial charge in [0.2, 0.25) is 0 Å². The van der Waals surface area contributed by atoms with Crippen molar-refractivity contribution in [2.24, 2.45) is 5.92 Å². The van der Waals surface area contributed by atoms with Crippen molar-refractivity contribution < 1.29 is 5.11 Å². The molecule has 0 unspecified atom stereocenters. The third kappa shape index (κ3) is 3.79. The van der Waals surface area contributed by atoms with Crippen LogP contribution in [0, 0.1) is 5.92 Å². The third-order valence-corrected chi connectivity index (χ3v) is 3.83. The number of allylic oxidation sites excluding steroid dienone is 3. The van der Waals surface area contributed by atoms with Crippen LogP contribution in [0.25, 0.3) is 0 Å². The molecule has 0 fully saturated rings. The lowest BCUT2D eigenvalue weighted by Crippen LogP contribution is -2.37. The standard InChI is InChI=1S/C15H26O/c1-12(2)6-5-7-14(4)15(16)10-8-13(3)9-11-15/h6,8,14,16H,5,7,9-11H2,1-4H3/t14-,15+/m1/s1. The van der Waals surface area contributed by atoms with Crippen LogP contribution in [0.4, 0.5) is 0 Å². The molecule has 1 nitrogen and oxygen atoms in total. The van der Waals surface area contributed by atoms with E-state index in [4.69, 9.17) is 0 Å². The van der Waals surface area contributed by atoms with Gasteiger partial charge >= 0.3 is 0 Å². The number of rotatable bonds is 4. The number of hydrogen-bond donors (Lipinski definition) is 1. The maximum absolute atomic E-state index is 10.6. The maximum atomic E-state index is 10.6. The molecule has 0 heterocycles. The van der Waals surface area contributed by atoms with Gasteiger partial charge in [-0.3, -0.25) is 0 Å². The molecule has 92 valence electrons. The molecule has 0 spiro atoms. The molecule has 0 radical (unpaired) electrons. The van der Waals surface area contributed by atoms with Crippen LogP contribution >= 0.6 is 0 Å². The average Bonchev–Trinajstić information content (AvgIpc) is 2.22. The minimum Gasteiger partial charge on any atom is -0.389 e. The highest BCUT2D eigenvalue weighted by atomic mass is 16.3. The van der Waals surface area contributed by atoms with Crippen molar-refractivity contribution >= 4 is 0 Å². The van der Waals surface area contributed by atoms with E-state index in [1.165, 1.54) is 11.1 Å². The summed E-state index contributed by atoms with van der Waals surface area (Å²) in [5, 5.41) is 10.6. The van der Waals surface area contributed by atoms with Crippen molar-refractivity contribution in [2.75, 3.05) is 0 Å². The van der Waals surface area contributed by atoms with E-state index in [0.29, 0.717) is 5.92 Å². The Labute approximate surface area is 100 Å². The summed E-state index contributed by atoms with van der Waals surface area (Å²) in [6, 6.07) is 0. The Morgan fingerprint density at radius 1 is 1.56 bits per heavy atom. The van der Waals surface area contributed by atoms with Crippen molar-refractivity contribution in [1.82, 2.24) is 0 Å². The van der Waals surface area contributed by atoms with Crippen LogP contribution in [0.15, 0.2) is 23.3 Å². The van der Waals surface area contributed by atoms with Crippen molar-refractivity contribution in [3.05, 3.63) is 23.3 Å². The molecule has 2 atom stereocenters. The molecule has 1 N–H and O–H groups in total. The van der Waals surface area contributed by atoms with Gasteiger partial charge in [-0.05, 0) is 58.8 Å². The van der Waals surface area contributed by atoms with E-state index in [2.05, 4.69) is 39.8 Å².